The molecule has 1 unspecified atom stereocenters. The Morgan fingerprint density at radius 1 is 1.17 bits per heavy atom. The van der Waals surface area contributed by atoms with Crippen LogP contribution in [0, 0.1) is 11.8 Å². The van der Waals surface area contributed by atoms with Crippen LogP contribution in [0.25, 0.3) is 0 Å². The topological polar surface area (TPSA) is 40.5 Å². The van der Waals surface area contributed by atoms with Gasteiger partial charge in [0.05, 0.1) is 0 Å². The van der Waals surface area contributed by atoms with Gasteiger partial charge < -0.3 is 10.0 Å². The summed E-state index contributed by atoms with van der Waals surface area (Å²) in [7, 11) is 0. The fourth-order valence-electron chi connectivity index (χ4n) is 3.76. The monoisotopic (exact) mass is 253 g/mol. The molecule has 1 saturated carbocycles. The van der Waals surface area contributed by atoms with E-state index >= 15 is 0 Å². The average molecular weight is 253 g/mol. The van der Waals surface area contributed by atoms with Crippen molar-refractivity contribution in [3.05, 3.63) is 0 Å². The first-order valence-electron chi connectivity index (χ1n) is 7.65. The van der Waals surface area contributed by atoms with Gasteiger partial charge in [0.25, 0.3) is 0 Å². The third-order valence-electron chi connectivity index (χ3n) is 4.92. The Hall–Kier alpha value is -0.570. The summed E-state index contributed by atoms with van der Waals surface area (Å²) in [6.07, 6.45) is 9.40. The summed E-state index contributed by atoms with van der Waals surface area (Å²) in [6, 6.07) is 0.740. The van der Waals surface area contributed by atoms with Gasteiger partial charge in [-0.2, -0.15) is 0 Å². The zero-order valence-electron chi connectivity index (χ0n) is 11.6. The Kier molecular flexibility index (Phi) is 5.04. The van der Waals surface area contributed by atoms with Gasteiger partial charge in [0.2, 0.25) is 0 Å². The quantitative estimate of drug-likeness (QED) is 0.836. The minimum atomic E-state index is -0.628. The summed E-state index contributed by atoms with van der Waals surface area (Å²) in [4.78, 5) is 13.4. The number of carboxylic acid groups (broad SMARTS) is 1. The molecule has 1 saturated heterocycles. The highest BCUT2D eigenvalue weighted by Gasteiger charge is 2.29. The molecule has 0 amide bonds. The molecule has 2 rings (SSSR count). The molecule has 1 aliphatic heterocycles. The van der Waals surface area contributed by atoms with Gasteiger partial charge in [-0.15, -0.1) is 0 Å². The van der Waals surface area contributed by atoms with Gasteiger partial charge in [-0.3, -0.25) is 4.79 Å². The number of aliphatic carboxylic acids is 1. The molecule has 0 radical (unpaired) electrons. The lowest BCUT2D eigenvalue weighted by molar-refractivity contribution is -0.138. The fourth-order valence-corrected chi connectivity index (χ4v) is 3.76. The maximum absolute atomic E-state index is 10.8. The van der Waals surface area contributed by atoms with E-state index in [9.17, 15) is 4.79 Å². The molecular weight excluding hydrogens is 226 g/mol. The summed E-state index contributed by atoms with van der Waals surface area (Å²) < 4.78 is 0. The van der Waals surface area contributed by atoms with Crippen molar-refractivity contribution in [2.75, 3.05) is 13.1 Å². The molecule has 0 aromatic heterocycles. The molecule has 1 N–H and O–H groups in total. The maximum atomic E-state index is 10.8. The van der Waals surface area contributed by atoms with E-state index in [4.69, 9.17) is 5.11 Å². The van der Waals surface area contributed by atoms with Crippen LogP contribution >= 0.6 is 0 Å². The molecular formula is C15H27NO2. The lowest BCUT2D eigenvalue weighted by atomic mass is 9.82. The van der Waals surface area contributed by atoms with Crippen molar-refractivity contribution < 1.29 is 9.90 Å². The van der Waals surface area contributed by atoms with Crippen molar-refractivity contribution in [1.29, 1.82) is 0 Å². The second kappa shape index (κ2) is 6.55. The summed E-state index contributed by atoms with van der Waals surface area (Å²) in [5.74, 6) is 0.706. The molecule has 1 aliphatic carbocycles. The van der Waals surface area contributed by atoms with Crippen molar-refractivity contribution in [3.63, 3.8) is 0 Å². The van der Waals surface area contributed by atoms with Crippen molar-refractivity contribution in [1.82, 2.24) is 4.90 Å². The molecule has 3 heteroatoms. The predicted molar refractivity (Wildman–Crippen MR) is 72.6 cm³/mol. The van der Waals surface area contributed by atoms with Crippen LogP contribution in [0.5, 0.6) is 0 Å². The number of rotatable bonds is 4. The molecule has 1 atom stereocenters. The average Bonchev–Trinajstić information content (AvgIpc) is 2.38. The number of hydrogen-bond donors (Lipinski definition) is 1. The Balaban J connectivity index is 1.80. The van der Waals surface area contributed by atoms with Gasteiger partial charge in [0.1, 0.15) is 0 Å². The Morgan fingerprint density at radius 3 is 2.50 bits per heavy atom. The predicted octanol–water partition coefficient (Wildman–Crippen LogP) is 3.14. The van der Waals surface area contributed by atoms with Gasteiger partial charge in [-0.25, -0.2) is 0 Å². The highest BCUT2D eigenvalue weighted by Crippen LogP contribution is 2.32. The maximum Gasteiger partial charge on any atom is 0.303 e. The lowest BCUT2D eigenvalue weighted by Crippen LogP contribution is -2.44. The van der Waals surface area contributed by atoms with Gasteiger partial charge in [-0.1, -0.05) is 13.3 Å². The molecule has 18 heavy (non-hydrogen) atoms. The molecule has 1 heterocycles. The third-order valence-corrected chi connectivity index (χ3v) is 4.92. The fraction of sp³-hybridized carbons (Fsp3) is 0.933. The van der Waals surface area contributed by atoms with Crippen LogP contribution in [0.4, 0.5) is 0 Å². The van der Waals surface area contributed by atoms with Crippen LogP contribution in [0.3, 0.4) is 0 Å². The highest BCUT2D eigenvalue weighted by atomic mass is 16.4. The number of carboxylic acids is 1. The smallest absolute Gasteiger partial charge is 0.303 e. The van der Waals surface area contributed by atoms with Gasteiger partial charge in [0.15, 0.2) is 0 Å². The third kappa shape index (κ3) is 3.71. The number of piperidine rings is 1. The number of carbonyl (C=O) groups is 1. The molecule has 2 fully saturated rings. The lowest BCUT2D eigenvalue weighted by Gasteiger charge is -2.41. The van der Waals surface area contributed by atoms with Crippen molar-refractivity contribution in [2.24, 2.45) is 11.8 Å². The van der Waals surface area contributed by atoms with E-state index in [2.05, 4.69) is 11.8 Å². The number of nitrogens with zero attached hydrogens (tertiary/aromatic N) is 1. The first-order chi connectivity index (χ1) is 8.69. The molecule has 0 aromatic rings. The number of likely N-dealkylation sites (tertiary alicyclic amines) is 1. The van der Waals surface area contributed by atoms with Crippen LogP contribution < -0.4 is 0 Å². The van der Waals surface area contributed by atoms with Crippen molar-refractivity contribution in [2.45, 2.75) is 64.3 Å². The number of hydrogen-bond acceptors (Lipinski definition) is 2. The molecule has 0 aromatic carbocycles. The standard InChI is InChI=1S/C15H27NO2/c1-2-12-5-7-14(8-6-12)16-9-3-4-13(11-16)10-15(17)18/h12-14H,2-11H2,1H3,(H,17,18). The van der Waals surface area contributed by atoms with E-state index in [-0.39, 0.29) is 0 Å². The first-order valence-corrected chi connectivity index (χ1v) is 7.65. The van der Waals surface area contributed by atoms with E-state index < -0.39 is 5.97 Å². The molecule has 3 nitrogen and oxygen atoms in total. The highest BCUT2D eigenvalue weighted by molar-refractivity contribution is 5.67. The van der Waals surface area contributed by atoms with Crippen LogP contribution in [-0.2, 0) is 4.79 Å². The van der Waals surface area contributed by atoms with Crippen LogP contribution in [0.15, 0.2) is 0 Å². The Morgan fingerprint density at radius 2 is 1.89 bits per heavy atom. The van der Waals surface area contributed by atoms with Gasteiger partial charge >= 0.3 is 5.97 Å². The zero-order valence-corrected chi connectivity index (χ0v) is 11.6. The van der Waals surface area contributed by atoms with Crippen LogP contribution in [0.2, 0.25) is 0 Å². The Bertz CT molecular complexity index is 272. The van der Waals surface area contributed by atoms with Crippen molar-refractivity contribution >= 4 is 5.97 Å². The normalized spacial score (nSPS) is 34.4. The summed E-state index contributed by atoms with van der Waals surface area (Å²) >= 11 is 0. The largest absolute Gasteiger partial charge is 0.481 e. The minimum absolute atomic E-state index is 0.362. The van der Waals surface area contributed by atoms with Gasteiger partial charge in [-0.05, 0) is 56.9 Å². The second-order valence-corrected chi connectivity index (χ2v) is 6.18. The summed E-state index contributed by atoms with van der Waals surface area (Å²) in [5.41, 5.74) is 0. The van der Waals surface area contributed by atoms with E-state index in [1.54, 1.807) is 0 Å². The van der Waals surface area contributed by atoms with Crippen molar-refractivity contribution in [3.8, 4) is 0 Å². The minimum Gasteiger partial charge on any atom is -0.481 e. The van der Waals surface area contributed by atoms with E-state index in [1.807, 2.05) is 0 Å². The zero-order chi connectivity index (χ0) is 13.0. The van der Waals surface area contributed by atoms with Gasteiger partial charge in [0, 0.05) is 19.0 Å². The SMILES string of the molecule is CCC1CCC(N2CCCC(CC(=O)O)C2)CC1. The van der Waals surface area contributed by atoms with E-state index in [0.29, 0.717) is 12.3 Å². The van der Waals surface area contributed by atoms with E-state index in [0.717, 1.165) is 24.9 Å². The summed E-state index contributed by atoms with van der Waals surface area (Å²) in [6.45, 7) is 4.51. The second-order valence-electron chi connectivity index (χ2n) is 6.18. The molecule has 104 valence electrons. The van der Waals surface area contributed by atoms with Crippen LogP contribution in [-0.4, -0.2) is 35.1 Å². The molecule has 2 aliphatic rings. The molecule has 0 spiro atoms. The first kappa shape index (κ1) is 13.9. The van der Waals surface area contributed by atoms with Crippen LogP contribution in [0.1, 0.15) is 58.3 Å². The van der Waals surface area contributed by atoms with E-state index in [1.165, 1.54) is 45.1 Å². The summed E-state index contributed by atoms with van der Waals surface area (Å²) in [5, 5.41) is 8.91. The Labute approximate surface area is 111 Å². The molecule has 0 bridgehead atoms.